The second-order valence-electron chi connectivity index (χ2n) is 5.92. The van der Waals surface area contributed by atoms with Crippen LogP contribution >= 0.6 is 0 Å². The molecule has 0 saturated carbocycles. The van der Waals surface area contributed by atoms with E-state index in [0.717, 1.165) is 19.5 Å². The van der Waals surface area contributed by atoms with Crippen LogP contribution in [0.4, 0.5) is 0 Å². The fourth-order valence-electron chi connectivity index (χ4n) is 3.08. The van der Waals surface area contributed by atoms with E-state index in [4.69, 9.17) is 4.42 Å². The molecule has 7 nitrogen and oxygen atoms in total. The molecular weight excluding hydrogens is 308 g/mol. The fourth-order valence-corrected chi connectivity index (χ4v) is 3.08. The monoisotopic (exact) mass is 330 g/mol. The van der Waals surface area contributed by atoms with E-state index in [1.54, 1.807) is 24.5 Å². The second kappa shape index (κ2) is 7.44. The van der Waals surface area contributed by atoms with E-state index in [9.17, 15) is 9.59 Å². The summed E-state index contributed by atoms with van der Waals surface area (Å²) in [6.45, 7) is 4.73. The lowest BCUT2D eigenvalue weighted by Gasteiger charge is -2.22. The normalized spacial score (nSPS) is 18.0. The first-order valence-corrected chi connectivity index (χ1v) is 8.30. The zero-order valence-electron chi connectivity index (χ0n) is 13.8. The van der Waals surface area contributed by atoms with Gasteiger partial charge in [-0.2, -0.15) is 5.10 Å². The zero-order valence-corrected chi connectivity index (χ0v) is 13.8. The SMILES string of the molecule is CCN1CCC[C@@H]1CNC(=O)Cn1nc(-c2ccco2)ccc1=O. The quantitative estimate of drug-likeness (QED) is 0.858. The van der Waals surface area contributed by atoms with Gasteiger partial charge < -0.3 is 9.73 Å². The lowest BCUT2D eigenvalue weighted by atomic mass is 10.2. The number of amides is 1. The summed E-state index contributed by atoms with van der Waals surface area (Å²) < 4.78 is 6.44. The van der Waals surface area contributed by atoms with Gasteiger partial charge in [-0.3, -0.25) is 14.5 Å². The van der Waals surface area contributed by atoms with Crippen LogP contribution in [0.5, 0.6) is 0 Å². The minimum absolute atomic E-state index is 0.0910. The summed E-state index contributed by atoms with van der Waals surface area (Å²) in [5, 5.41) is 7.12. The average Bonchev–Trinajstić information content (AvgIpc) is 3.26. The van der Waals surface area contributed by atoms with Gasteiger partial charge in [-0.15, -0.1) is 0 Å². The number of hydrogen-bond donors (Lipinski definition) is 1. The number of nitrogens with one attached hydrogen (secondary N) is 1. The van der Waals surface area contributed by atoms with Crippen molar-refractivity contribution in [1.82, 2.24) is 20.0 Å². The van der Waals surface area contributed by atoms with Gasteiger partial charge in [-0.25, -0.2) is 4.68 Å². The summed E-state index contributed by atoms with van der Waals surface area (Å²) in [6.07, 6.45) is 3.81. The van der Waals surface area contributed by atoms with Crippen molar-refractivity contribution in [1.29, 1.82) is 0 Å². The minimum atomic E-state index is -0.309. The van der Waals surface area contributed by atoms with Crippen LogP contribution in [-0.2, 0) is 11.3 Å². The maximum absolute atomic E-state index is 12.2. The molecular formula is C17H22N4O3. The highest BCUT2D eigenvalue weighted by atomic mass is 16.3. The predicted molar refractivity (Wildman–Crippen MR) is 89.5 cm³/mol. The van der Waals surface area contributed by atoms with Gasteiger partial charge >= 0.3 is 0 Å². The van der Waals surface area contributed by atoms with Gasteiger partial charge in [0, 0.05) is 18.7 Å². The van der Waals surface area contributed by atoms with Crippen LogP contribution in [0.25, 0.3) is 11.5 Å². The molecule has 1 saturated heterocycles. The molecule has 0 bridgehead atoms. The summed E-state index contributed by atoms with van der Waals surface area (Å²) in [4.78, 5) is 26.4. The second-order valence-corrected chi connectivity index (χ2v) is 5.92. The largest absolute Gasteiger partial charge is 0.463 e. The van der Waals surface area contributed by atoms with Crippen LogP contribution in [0.3, 0.4) is 0 Å². The number of likely N-dealkylation sites (tertiary alicyclic amines) is 1. The summed E-state index contributed by atoms with van der Waals surface area (Å²) in [6, 6.07) is 6.89. The van der Waals surface area contributed by atoms with E-state index in [-0.39, 0.29) is 18.0 Å². The first-order chi connectivity index (χ1) is 11.7. The van der Waals surface area contributed by atoms with Gasteiger partial charge in [0.05, 0.1) is 6.26 Å². The maximum Gasteiger partial charge on any atom is 0.267 e. The number of aromatic nitrogens is 2. The molecule has 1 amide bonds. The number of hydrogen-bond acceptors (Lipinski definition) is 5. The summed E-state index contributed by atoms with van der Waals surface area (Å²) in [5.41, 5.74) is 0.219. The molecule has 24 heavy (non-hydrogen) atoms. The molecule has 1 atom stereocenters. The molecule has 3 heterocycles. The average molecular weight is 330 g/mol. The van der Waals surface area contributed by atoms with Crippen molar-refractivity contribution in [3.63, 3.8) is 0 Å². The van der Waals surface area contributed by atoms with E-state index >= 15 is 0 Å². The Hall–Kier alpha value is -2.41. The fraction of sp³-hybridized carbons (Fsp3) is 0.471. The summed E-state index contributed by atoms with van der Waals surface area (Å²) in [5.74, 6) is 0.359. The molecule has 0 aromatic carbocycles. The third kappa shape index (κ3) is 3.73. The molecule has 2 aromatic rings. The standard InChI is InChI=1S/C17H22N4O3/c1-2-20-9-3-5-13(20)11-18-16(22)12-21-17(23)8-7-14(19-21)15-6-4-10-24-15/h4,6-8,10,13H,2-3,5,9,11-12H2,1H3,(H,18,22)/t13-/m1/s1. The van der Waals surface area contributed by atoms with Gasteiger partial charge in [0.25, 0.3) is 5.56 Å². The van der Waals surface area contributed by atoms with Crippen molar-refractivity contribution in [2.75, 3.05) is 19.6 Å². The van der Waals surface area contributed by atoms with Crippen LogP contribution in [0.1, 0.15) is 19.8 Å². The molecule has 0 spiro atoms. The Kier molecular flexibility index (Phi) is 5.10. The van der Waals surface area contributed by atoms with E-state index < -0.39 is 0 Å². The lowest BCUT2D eigenvalue weighted by molar-refractivity contribution is -0.122. The van der Waals surface area contributed by atoms with Crippen LogP contribution < -0.4 is 10.9 Å². The molecule has 1 N–H and O–H groups in total. The third-order valence-electron chi connectivity index (χ3n) is 4.37. The van der Waals surface area contributed by atoms with Crippen LogP contribution in [0, 0.1) is 0 Å². The van der Waals surface area contributed by atoms with Gasteiger partial charge in [0.1, 0.15) is 12.2 Å². The number of likely N-dealkylation sites (N-methyl/N-ethyl adjacent to an activating group) is 1. The van der Waals surface area contributed by atoms with Gasteiger partial charge in [-0.1, -0.05) is 6.92 Å². The Balaban J connectivity index is 1.62. The van der Waals surface area contributed by atoms with E-state index in [0.29, 0.717) is 24.0 Å². The Bertz CT molecular complexity index is 739. The Morgan fingerprint density at radius 1 is 1.42 bits per heavy atom. The molecule has 7 heteroatoms. The van der Waals surface area contributed by atoms with Gasteiger partial charge in [-0.05, 0) is 44.1 Å². The summed E-state index contributed by atoms with van der Waals surface area (Å²) >= 11 is 0. The first-order valence-electron chi connectivity index (χ1n) is 8.30. The molecule has 1 aliphatic rings. The lowest BCUT2D eigenvalue weighted by Crippen LogP contribution is -2.42. The molecule has 1 fully saturated rings. The van der Waals surface area contributed by atoms with Crippen LogP contribution in [0.2, 0.25) is 0 Å². The minimum Gasteiger partial charge on any atom is -0.463 e. The number of carbonyl (C=O) groups is 1. The summed E-state index contributed by atoms with van der Waals surface area (Å²) in [7, 11) is 0. The molecule has 2 aromatic heterocycles. The third-order valence-corrected chi connectivity index (χ3v) is 4.37. The number of rotatable bonds is 6. The number of furan rings is 1. The van der Waals surface area contributed by atoms with Crippen molar-refractivity contribution < 1.29 is 9.21 Å². The first kappa shape index (κ1) is 16.4. The molecule has 1 aliphatic heterocycles. The van der Waals surface area contributed by atoms with E-state index in [1.165, 1.54) is 17.2 Å². The zero-order chi connectivity index (χ0) is 16.9. The smallest absolute Gasteiger partial charge is 0.267 e. The van der Waals surface area contributed by atoms with Gasteiger partial charge in [0.2, 0.25) is 5.91 Å². The van der Waals surface area contributed by atoms with Gasteiger partial charge in [0.15, 0.2) is 5.76 Å². The van der Waals surface area contributed by atoms with Crippen LogP contribution in [-0.4, -0.2) is 46.3 Å². The molecule has 3 rings (SSSR count). The number of carbonyl (C=O) groups excluding carboxylic acids is 1. The Morgan fingerprint density at radius 3 is 3.04 bits per heavy atom. The molecule has 128 valence electrons. The maximum atomic E-state index is 12.2. The van der Waals surface area contributed by atoms with E-state index in [1.807, 2.05) is 0 Å². The Morgan fingerprint density at radius 2 is 2.29 bits per heavy atom. The highest BCUT2D eigenvalue weighted by molar-refractivity contribution is 5.75. The Labute approximate surface area is 140 Å². The molecule has 0 radical (unpaired) electrons. The van der Waals surface area contributed by atoms with E-state index in [2.05, 4.69) is 22.2 Å². The highest BCUT2D eigenvalue weighted by Crippen LogP contribution is 2.16. The van der Waals surface area contributed by atoms with Crippen molar-refractivity contribution in [2.24, 2.45) is 0 Å². The van der Waals surface area contributed by atoms with Crippen molar-refractivity contribution >= 4 is 5.91 Å². The van der Waals surface area contributed by atoms with Crippen molar-refractivity contribution in [3.05, 3.63) is 40.9 Å². The molecule has 0 aliphatic carbocycles. The van der Waals surface area contributed by atoms with Crippen molar-refractivity contribution in [3.8, 4) is 11.5 Å². The number of nitrogens with zero attached hydrogens (tertiary/aromatic N) is 3. The van der Waals surface area contributed by atoms with Crippen molar-refractivity contribution in [2.45, 2.75) is 32.4 Å². The predicted octanol–water partition coefficient (Wildman–Crippen LogP) is 1.10. The van der Waals surface area contributed by atoms with Crippen LogP contribution in [0.15, 0.2) is 39.7 Å². The highest BCUT2D eigenvalue weighted by Gasteiger charge is 2.23. The topological polar surface area (TPSA) is 80.4 Å². The molecule has 0 unspecified atom stereocenters.